The van der Waals surface area contributed by atoms with E-state index >= 15 is 0 Å². The van der Waals surface area contributed by atoms with Gasteiger partial charge in [0.25, 0.3) is 0 Å². The van der Waals surface area contributed by atoms with Crippen molar-refractivity contribution in [2.45, 2.75) is 32.0 Å². The van der Waals surface area contributed by atoms with Gasteiger partial charge in [0.2, 0.25) is 5.95 Å². The van der Waals surface area contributed by atoms with Gasteiger partial charge in [-0.1, -0.05) is 0 Å². The SMILES string of the molecule is CC1CN(c2ncc(O)cn2)CC(C)N1C1COC1. The molecule has 1 N–H and O–H groups in total. The van der Waals surface area contributed by atoms with E-state index in [2.05, 4.69) is 33.6 Å². The second-order valence-corrected chi connectivity index (χ2v) is 5.48. The molecule has 0 spiro atoms. The van der Waals surface area contributed by atoms with Crippen molar-refractivity contribution in [3.05, 3.63) is 12.4 Å². The molecule has 2 saturated heterocycles. The Balaban J connectivity index is 1.72. The molecule has 2 fully saturated rings. The molecule has 2 unspecified atom stereocenters. The molecule has 3 rings (SSSR count). The van der Waals surface area contributed by atoms with Crippen LogP contribution in [0.2, 0.25) is 0 Å². The highest BCUT2D eigenvalue weighted by atomic mass is 16.5. The van der Waals surface area contributed by atoms with Gasteiger partial charge in [0, 0.05) is 25.2 Å². The van der Waals surface area contributed by atoms with Crippen LogP contribution in [-0.2, 0) is 4.74 Å². The van der Waals surface area contributed by atoms with Gasteiger partial charge in [0.1, 0.15) is 0 Å². The van der Waals surface area contributed by atoms with Crippen LogP contribution in [0.3, 0.4) is 0 Å². The normalized spacial score (nSPS) is 29.3. The molecule has 0 bridgehead atoms. The maximum atomic E-state index is 9.25. The average Bonchev–Trinajstić information content (AvgIpc) is 2.32. The van der Waals surface area contributed by atoms with Crippen molar-refractivity contribution in [2.75, 3.05) is 31.2 Å². The van der Waals surface area contributed by atoms with E-state index in [0.29, 0.717) is 24.1 Å². The van der Waals surface area contributed by atoms with Gasteiger partial charge in [-0.25, -0.2) is 9.97 Å². The average molecular weight is 264 g/mol. The molecule has 6 heteroatoms. The molecule has 0 saturated carbocycles. The van der Waals surface area contributed by atoms with E-state index < -0.39 is 0 Å². The largest absolute Gasteiger partial charge is 0.505 e. The standard InChI is InChI=1S/C13H20N4O2/c1-9-5-16(13-14-3-12(18)4-15-13)6-10(2)17(9)11-7-19-8-11/h3-4,9-11,18H,5-8H2,1-2H3. The molecule has 1 aromatic rings. The van der Waals surface area contributed by atoms with Crippen molar-refractivity contribution < 1.29 is 9.84 Å². The van der Waals surface area contributed by atoms with E-state index in [0.717, 1.165) is 26.3 Å². The van der Waals surface area contributed by atoms with Gasteiger partial charge in [-0.15, -0.1) is 0 Å². The van der Waals surface area contributed by atoms with Gasteiger partial charge in [-0.05, 0) is 13.8 Å². The summed E-state index contributed by atoms with van der Waals surface area (Å²) in [7, 11) is 0. The zero-order valence-corrected chi connectivity index (χ0v) is 11.4. The number of anilines is 1. The zero-order valence-electron chi connectivity index (χ0n) is 11.4. The zero-order chi connectivity index (χ0) is 13.4. The first-order valence-electron chi connectivity index (χ1n) is 6.76. The highest BCUT2D eigenvalue weighted by molar-refractivity contribution is 5.33. The van der Waals surface area contributed by atoms with Crippen molar-refractivity contribution in [3.8, 4) is 5.75 Å². The van der Waals surface area contributed by atoms with Gasteiger partial charge in [-0.3, -0.25) is 4.90 Å². The van der Waals surface area contributed by atoms with Crippen LogP contribution in [0.4, 0.5) is 5.95 Å². The lowest BCUT2D eigenvalue weighted by atomic mass is 10.0. The van der Waals surface area contributed by atoms with Gasteiger partial charge in [0.05, 0.1) is 31.6 Å². The highest BCUT2D eigenvalue weighted by Crippen LogP contribution is 2.24. The molecule has 6 nitrogen and oxygen atoms in total. The van der Waals surface area contributed by atoms with Crippen molar-refractivity contribution in [2.24, 2.45) is 0 Å². The maximum absolute atomic E-state index is 9.25. The summed E-state index contributed by atoms with van der Waals surface area (Å²) in [5.41, 5.74) is 0. The summed E-state index contributed by atoms with van der Waals surface area (Å²) < 4.78 is 5.30. The van der Waals surface area contributed by atoms with Crippen LogP contribution in [0.15, 0.2) is 12.4 Å². The summed E-state index contributed by atoms with van der Waals surface area (Å²) >= 11 is 0. The van der Waals surface area contributed by atoms with Crippen LogP contribution in [0.1, 0.15) is 13.8 Å². The Hall–Kier alpha value is -1.40. The van der Waals surface area contributed by atoms with E-state index in [9.17, 15) is 5.11 Å². The quantitative estimate of drug-likeness (QED) is 0.838. The molecule has 0 radical (unpaired) electrons. The number of aromatic hydroxyl groups is 1. The fraction of sp³-hybridized carbons (Fsp3) is 0.692. The molecule has 0 aromatic carbocycles. The summed E-state index contributed by atoms with van der Waals surface area (Å²) in [6, 6.07) is 1.47. The molecule has 1 aromatic heterocycles. The summed E-state index contributed by atoms with van der Waals surface area (Å²) in [6.45, 7) is 7.99. The summed E-state index contributed by atoms with van der Waals surface area (Å²) in [4.78, 5) is 13.1. The number of ether oxygens (including phenoxy) is 1. The molecular formula is C13H20N4O2. The fourth-order valence-electron chi connectivity index (χ4n) is 3.09. The van der Waals surface area contributed by atoms with Crippen LogP contribution in [0.25, 0.3) is 0 Å². The number of hydrogen-bond acceptors (Lipinski definition) is 6. The minimum absolute atomic E-state index is 0.107. The third-order valence-corrected chi connectivity index (χ3v) is 3.94. The van der Waals surface area contributed by atoms with Crippen LogP contribution >= 0.6 is 0 Å². The molecule has 19 heavy (non-hydrogen) atoms. The molecule has 0 amide bonds. The maximum Gasteiger partial charge on any atom is 0.225 e. The number of hydrogen-bond donors (Lipinski definition) is 1. The Morgan fingerprint density at radius 1 is 1.16 bits per heavy atom. The first kappa shape index (κ1) is 12.6. The fourth-order valence-corrected chi connectivity index (χ4v) is 3.09. The second kappa shape index (κ2) is 4.94. The van der Waals surface area contributed by atoms with Crippen LogP contribution in [0, 0.1) is 0 Å². The molecule has 104 valence electrons. The predicted molar refractivity (Wildman–Crippen MR) is 71.3 cm³/mol. The van der Waals surface area contributed by atoms with Gasteiger partial charge in [0.15, 0.2) is 5.75 Å². The Morgan fingerprint density at radius 3 is 2.21 bits per heavy atom. The predicted octanol–water partition coefficient (Wildman–Crippen LogP) is 0.480. The molecule has 2 aliphatic rings. The van der Waals surface area contributed by atoms with Crippen molar-refractivity contribution in [3.63, 3.8) is 0 Å². The van der Waals surface area contributed by atoms with Crippen LogP contribution < -0.4 is 4.90 Å². The Labute approximate surface area is 113 Å². The molecule has 3 heterocycles. The van der Waals surface area contributed by atoms with E-state index in [-0.39, 0.29) is 5.75 Å². The van der Waals surface area contributed by atoms with Crippen molar-refractivity contribution in [1.29, 1.82) is 0 Å². The van der Waals surface area contributed by atoms with Crippen LogP contribution in [0.5, 0.6) is 5.75 Å². The van der Waals surface area contributed by atoms with E-state index in [1.807, 2.05) is 0 Å². The Bertz CT molecular complexity index is 423. The summed E-state index contributed by atoms with van der Waals surface area (Å²) in [5.74, 6) is 0.802. The van der Waals surface area contributed by atoms with Gasteiger partial charge >= 0.3 is 0 Å². The molecular weight excluding hydrogens is 244 g/mol. The third-order valence-electron chi connectivity index (χ3n) is 3.94. The monoisotopic (exact) mass is 264 g/mol. The van der Waals surface area contributed by atoms with Gasteiger partial charge in [-0.2, -0.15) is 0 Å². The van der Waals surface area contributed by atoms with Crippen molar-refractivity contribution in [1.82, 2.24) is 14.9 Å². The lowest BCUT2D eigenvalue weighted by Crippen LogP contribution is -2.64. The van der Waals surface area contributed by atoms with Gasteiger partial charge < -0.3 is 14.7 Å². The van der Waals surface area contributed by atoms with E-state index in [1.165, 1.54) is 12.4 Å². The highest BCUT2D eigenvalue weighted by Gasteiger charge is 2.38. The molecule has 0 aliphatic carbocycles. The lowest BCUT2D eigenvalue weighted by molar-refractivity contribution is -0.0941. The third kappa shape index (κ3) is 2.37. The van der Waals surface area contributed by atoms with E-state index in [1.54, 1.807) is 0 Å². The minimum Gasteiger partial charge on any atom is -0.505 e. The number of rotatable bonds is 2. The smallest absolute Gasteiger partial charge is 0.225 e. The second-order valence-electron chi connectivity index (χ2n) is 5.48. The van der Waals surface area contributed by atoms with Crippen molar-refractivity contribution >= 4 is 5.95 Å². The number of nitrogens with zero attached hydrogens (tertiary/aromatic N) is 4. The number of piperazine rings is 1. The summed E-state index contributed by atoms with van der Waals surface area (Å²) in [5, 5.41) is 9.25. The molecule has 2 atom stereocenters. The molecule has 2 aliphatic heterocycles. The summed E-state index contributed by atoms with van der Waals surface area (Å²) in [6.07, 6.45) is 2.90. The number of aromatic nitrogens is 2. The minimum atomic E-state index is 0.107. The topological polar surface area (TPSA) is 61.7 Å². The Kier molecular flexibility index (Phi) is 3.28. The lowest BCUT2D eigenvalue weighted by Gasteiger charge is -2.50. The first-order chi connectivity index (χ1) is 9.15. The Morgan fingerprint density at radius 2 is 1.74 bits per heavy atom. The van der Waals surface area contributed by atoms with Crippen LogP contribution in [-0.4, -0.2) is 64.4 Å². The van der Waals surface area contributed by atoms with E-state index in [4.69, 9.17) is 4.74 Å². The first-order valence-corrected chi connectivity index (χ1v) is 6.76.